The summed E-state index contributed by atoms with van der Waals surface area (Å²) in [7, 11) is 3.35. The second kappa shape index (κ2) is 6.36. The van der Waals surface area contributed by atoms with E-state index in [2.05, 4.69) is 0 Å². The minimum absolute atomic E-state index is 0.107. The van der Waals surface area contributed by atoms with Gasteiger partial charge < -0.3 is 10.0 Å². The highest BCUT2D eigenvalue weighted by Crippen LogP contribution is 2.32. The lowest BCUT2D eigenvalue weighted by Crippen LogP contribution is -2.21. The summed E-state index contributed by atoms with van der Waals surface area (Å²) in [4.78, 5) is 24.9. The lowest BCUT2D eigenvalue weighted by Gasteiger charge is -2.14. The van der Waals surface area contributed by atoms with Crippen LogP contribution in [0.4, 0.5) is 4.39 Å². The molecule has 126 valence electrons. The fourth-order valence-electron chi connectivity index (χ4n) is 2.84. The lowest BCUT2D eigenvalue weighted by atomic mass is 9.94. The summed E-state index contributed by atoms with van der Waals surface area (Å²) in [5.74, 6) is -1.93. The molecule has 0 aliphatic carbocycles. The second-order valence-electron chi connectivity index (χ2n) is 5.91. The number of hydrogen-bond donors (Lipinski definition) is 1. The molecule has 0 spiro atoms. The van der Waals surface area contributed by atoms with Gasteiger partial charge >= 0.3 is 5.97 Å². The van der Waals surface area contributed by atoms with Gasteiger partial charge in [0.25, 0.3) is 5.91 Å². The molecule has 0 fully saturated rings. The van der Waals surface area contributed by atoms with Crippen molar-refractivity contribution in [3.05, 3.63) is 71.5 Å². The van der Waals surface area contributed by atoms with Crippen LogP contribution in [0.25, 0.3) is 21.9 Å². The van der Waals surface area contributed by atoms with E-state index >= 15 is 0 Å². The molecule has 0 aliphatic heterocycles. The van der Waals surface area contributed by atoms with E-state index in [1.54, 1.807) is 38.4 Å². The van der Waals surface area contributed by atoms with Crippen LogP contribution in [0.1, 0.15) is 20.7 Å². The fourth-order valence-corrected chi connectivity index (χ4v) is 2.84. The Hall–Kier alpha value is -3.21. The first-order chi connectivity index (χ1) is 11.9. The molecule has 0 saturated carbocycles. The Morgan fingerprint density at radius 2 is 1.60 bits per heavy atom. The van der Waals surface area contributed by atoms with Gasteiger partial charge in [-0.1, -0.05) is 36.4 Å². The van der Waals surface area contributed by atoms with Crippen LogP contribution in [0.15, 0.2) is 54.6 Å². The van der Waals surface area contributed by atoms with Crippen molar-refractivity contribution in [2.45, 2.75) is 0 Å². The Kier molecular flexibility index (Phi) is 4.23. The minimum atomic E-state index is -1.18. The third kappa shape index (κ3) is 2.96. The first-order valence-corrected chi connectivity index (χ1v) is 7.66. The van der Waals surface area contributed by atoms with Crippen LogP contribution in [0.3, 0.4) is 0 Å². The summed E-state index contributed by atoms with van der Waals surface area (Å²) in [6, 6.07) is 14.5. The Bertz CT molecular complexity index is 995. The number of nitrogens with zero attached hydrogens (tertiary/aromatic N) is 1. The number of rotatable bonds is 3. The van der Waals surface area contributed by atoms with E-state index in [-0.39, 0.29) is 11.5 Å². The highest BCUT2D eigenvalue weighted by molar-refractivity contribution is 6.10. The number of halogens is 1. The van der Waals surface area contributed by atoms with Crippen LogP contribution >= 0.6 is 0 Å². The van der Waals surface area contributed by atoms with Crippen molar-refractivity contribution >= 4 is 22.6 Å². The fraction of sp³-hybridized carbons (Fsp3) is 0.100. The van der Waals surface area contributed by atoms with Crippen molar-refractivity contribution in [2.75, 3.05) is 14.1 Å². The van der Waals surface area contributed by atoms with Gasteiger partial charge in [0.05, 0.1) is 5.56 Å². The first-order valence-electron chi connectivity index (χ1n) is 7.66. The predicted octanol–water partition coefficient (Wildman–Crippen LogP) is 4.05. The number of carbonyl (C=O) groups excluding carboxylic acids is 1. The van der Waals surface area contributed by atoms with Gasteiger partial charge in [-0.05, 0) is 34.5 Å². The van der Waals surface area contributed by atoms with Crippen LogP contribution in [0, 0.1) is 5.82 Å². The van der Waals surface area contributed by atoms with E-state index in [4.69, 9.17) is 5.11 Å². The van der Waals surface area contributed by atoms with Crippen LogP contribution in [-0.4, -0.2) is 36.0 Å². The van der Waals surface area contributed by atoms with Gasteiger partial charge in [0, 0.05) is 25.2 Å². The Morgan fingerprint density at radius 1 is 0.920 bits per heavy atom. The maximum atomic E-state index is 14.5. The Morgan fingerprint density at radius 3 is 2.24 bits per heavy atom. The highest BCUT2D eigenvalue weighted by Gasteiger charge is 2.16. The van der Waals surface area contributed by atoms with Gasteiger partial charge in [0.15, 0.2) is 0 Å². The molecule has 0 aliphatic rings. The van der Waals surface area contributed by atoms with Gasteiger partial charge in [0.2, 0.25) is 0 Å². The van der Waals surface area contributed by atoms with Crippen molar-refractivity contribution in [2.24, 2.45) is 0 Å². The zero-order valence-electron chi connectivity index (χ0n) is 13.8. The van der Waals surface area contributed by atoms with Gasteiger partial charge in [-0.3, -0.25) is 4.79 Å². The number of aromatic carboxylic acids is 1. The number of benzene rings is 3. The molecule has 25 heavy (non-hydrogen) atoms. The molecule has 0 radical (unpaired) electrons. The van der Waals surface area contributed by atoms with Gasteiger partial charge in [-0.2, -0.15) is 0 Å². The van der Waals surface area contributed by atoms with Crippen LogP contribution in [0.2, 0.25) is 0 Å². The standard InChI is InChI=1S/C20H16FNO3/c1-22(2)19(23)17-8-4-5-13-14(6-3-7-15(13)17)16-10-9-12(20(24)25)11-18(16)21/h3-11H,1-2H3,(H,24,25). The van der Waals surface area contributed by atoms with E-state index in [1.165, 1.54) is 17.0 Å². The number of hydrogen-bond acceptors (Lipinski definition) is 2. The molecule has 0 saturated heterocycles. The third-order valence-electron chi connectivity index (χ3n) is 4.06. The average molecular weight is 337 g/mol. The van der Waals surface area contributed by atoms with Gasteiger partial charge in [-0.15, -0.1) is 0 Å². The van der Waals surface area contributed by atoms with Crippen molar-refractivity contribution in [1.29, 1.82) is 0 Å². The summed E-state index contributed by atoms with van der Waals surface area (Å²) in [6.07, 6.45) is 0. The number of carboxylic acid groups (broad SMARTS) is 1. The molecule has 4 nitrogen and oxygen atoms in total. The SMILES string of the molecule is CN(C)C(=O)c1cccc2c(-c3ccc(C(=O)O)cc3F)cccc12. The normalized spacial score (nSPS) is 10.7. The summed E-state index contributed by atoms with van der Waals surface area (Å²) in [5, 5.41) is 10.4. The summed E-state index contributed by atoms with van der Waals surface area (Å²) < 4.78 is 14.5. The summed E-state index contributed by atoms with van der Waals surface area (Å²) in [5.41, 5.74) is 1.34. The largest absolute Gasteiger partial charge is 0.478 e. The predicted molar refractivity (Wildman–Crippen MR) is 94.3 cm³/mol. The van der Waals surface area contributed by atoms with E-state index in [0.29, 0.717) is 16.7 Å². The number of carboxylic acids is 1. The topological polar surface area (TPSA) is 57.6 Å². The molecule has 1 N–H and O–H groups in total. The van der Waals surface area contributed by atoms with Gasteiger partial charge in [0.1, 0.15) is 5.82 Å². The van der Waals surface area contributed by atoms with Crippen LogP contribution in [-0.2, 0) is 0 Å². The lowest BCUT2D eigenvalue weighted by molar-refractivity contribution is 0.0696. The minimum Gasteiger partial charge on any atom is -0.478 e. The molecule has 0 heterocycles. The molecule has 0 atom stereocenters. The van der Waals surface area contributed by atoms with Crippen molar-refractivity contribution in [1.82, 2.24) is 4.90 Å². The smallest absolute Gasteiger partial charge is 0.335 e. The van der Waals surface area contributed by atoms with E-state index in [1.807, 2.05) is 12.1 Å². The Balaban J connectivity index is 2.24. The first kappa shape index (κ1) is 16.6. The van der Waals surface area contributed by atoms with Crippen LogP contribution in [0.5, 0.6) is 0 Å². The maximum absolute atomic E-state index is 14.5. The molecule has 3 rings (SSSR count). The molecule has 0 unspecified atom stereocenters. The molecule has 0 aromatic heterocycles. The third-order valence-corrected chi connectivity index (χ3v) is 4.06. The maximum Gasteiger partial charge on any atom is 0.335 e. The quantitative estimate of drug-likeness (QED) is 0.784. The number of carbonyl (C=O) groups is 2. The van der Waals surface area contributed by atoms with Crippen molar-refractivity contribution in [3.8, 4) is 11.1 Å². The average Bonchev–Trinajstić information content (AvgIpc) is 2.60. The second-order valence-corrected chi connectivity index (χ2v) is 5.91. The van der Waals surface area contributed by atoms with Gasteiger partial charge in [-0.25, -0.2) is 9.18 Å². The number of amides is 1. The molecular weight excluding hydrogens is 321 g/mol. The molecule has 0 bridgehead atoms. The number of fused-ring (bicyclic) bond motifs is 1. The van der Waals surface area contributed by atoms with Crippen molar-refractivity contribution < 1.29 is 19.1 Å². The highest BCUT2D eigenvalue weighted by atomic mass is 19.1. The molecule has 5 heteroatoms. The zero-order chi connectivity index (χ0) is 18.1. The zero-order valence-corrected chi connectivity index (χ0v) is 13.8. The van der Waals surface area contributed by atoms with E-state index in [9.17, 15) is 14.0 Å². The molecular formula is C20H16FNO3. The van der Waals surface area contributed by atoms with Crippen molar-refractivity contribution in [3.63, 3.8) is 0 Å². The summed E-state index contributed by atoms with van der Waals surface area (Å²) in [6.45, 7) is 0. The molecule has 3 aromatic carbocycles. The molecule has 3 aromatic rings. The van der Waals surface area contributed by atoms with E-state index < -0.39 is 11.8 Å². The summed E-state index contributed by atoms with van der Waals surface area (Å²) >= 11 is 0. The Labute approximate surface area is 144 Å². The monoisotopic (exact) mass is 337 g/mol. The van der Waals surface area contributed by atoms with Crippen LogP contribution < -0.4 is 0 Å². The molecule has 1 amide bonds. The van der Waals surface area contributed by atoms with E-state index in [0.717, 1.165) is 16.8 Å².